The third-order valence-corrected chi connectivity index (χ3v) is 7.54. The molecule has 4 rings (SSSR count). The number of hydrogen-bond donors (Lipinski definition) is 1. The van der Waals surface area contributed by atoms with Gasteiger partial charge >= 0.3 is 0 Å². The highest BCUT2D eigenvalue weighted by molar-refractivity contribution is 7.15. The molecule has 1 unspecified atom stereocenters. The Balaban J connectivity index is 1.32. The van der Waals surface area contributed by atoms with E-state index >= 15 is 0 Å². The fourth-order valence-corrected chi connectivity index (χ4v) is 5.34. The van der Waals surface area contributed by atoms with Gasteiger partial charge < -0.3 is 10.2 Å². The molecule has 1 aliphatic heterocycles. The number of aromatic nitrogens is 2. The van der Waals surface area contributed by atoms with Crippen LogP contribution in [0.4, 0.5) is 10.8 Å². The topological polar surface area (TPSA) is 75.2 Å². The van der Waals surface area contributed by atoms with Crippen LogP contribution in [0.25, 0.3) is 0 Å². The van der Waals surface area contributed by atoms with E-state index in [0.29, 0.717) is 35.5 Å². The fourth-order valence-electron chi connectivity index (χ4n) is 4.32. The summed E-state index contributed by atoms with van der Waals surface area (Å²) < 4.78 is 0. The van der Waals surface area contributed by atoms with Crippen LogP contribution in [0.15, 0.2) is 18.2 Å². The maximum Gasteiger partial charge on any atom is 0.227 e. The van der Waals surface area contributed by atoms with E-state index < -0.39 is 0 Å². The largest absolute Gasteiger partial charge is 0.312 e. The van der Waals surface area contributed by atoms with Crippen LogP contribution in [0.1, 0.15) is 67.9 Å². The summed E-state index contributed by atoms with van der Waals surface area (Å²) in [6.45, 7) is 2.48. The molecule has 1 atom stereocenters. The SMILES string of the molecule is Cc1ccc(N2CC(c3nnc(NC(=O)CCC4CCCCC4)s3)CC2=O)cc1Cl. The van der Waals surface area contributed by atoms with Crippen molar-refractivity contribution in [2.24, 2.45) is 5.92 Å². The average molecular weight is 447 g/mol. The number of amides is 2. The van der Waals surface area contributed by atoms with Crippen molar-refractivity contribution in [3.05, 3.63) is 33.8 Å². The van der Waals surface area contributed by atoms with Crippen molar-refractivity contribution in [2.75, 3.05) is 16.8 Å². The molecule has 2 fully saturated rings. The molecule has 2 heterocycles. The number of nitrogens with zero attached hydrogens (tertiary/aromatic N) is 3. The number of carbonyl (C=O) groups excluding carboxylic acids is 2. The lowest BCUT2D eigenvalue weighted by Gasteiger charge is -2.20. The van der Waals surface area contributed by atoms with Crippen LogP contribution < -0.4 is 10.2 Å². The number of halogens is 1. The molecular weight excluding hydrogens is 420 g/mol. The number of carbonyl (C=O) groups is 2. The maximum absolute atomic E-state index is 12.5. The van der Waals surface area contributed by atoms with E-state index in [-0.39, 0.29) is 17.7 Å². The van der Waals surface area contributed by atoms with Crippen LogP contribution in [0, 0.1) is 12.8 Å². The van der Waals surface area contributed by atoms with Gasteiger partial charge in [-0.25, -0.2) is 0 Å². The number of nitrogens with one attached hydrogen (secondary N) is 1. The Labute approximate surface area is 186 Å². The first kappa shape index (κ1) is 21.2. The minimum absolute atomic E-state index is 0.00157. The fraction of sp³-hybridized carbons (Fsp3) is 0.545. The predicted molar refractivity (Wildman–Crippen MR) is 120 cm³/mol. The second-order valence-corrected chi connectivity index (χ2v) is 9.79. The van der Waals surface area contributed by atoms with Crippen molar-refractivity contribution in [1.29, 1.82) is 0 Å². The summed E-state index contributed by atoms with van der Waals surface area (Å²) >= 11 is 7.59. The van der Waals surface area contributed by atoms with Gasteiger partial charge in [-0.15, -0.1) is 10.2 Å². The Bertz CT molecular complexity index is 926. The monoisotopic (exact) mass is 446 g/mol. The van der Waals surface area contributed by atoms with Crippen molar-refractivity contribution in [2.45, 2.75) is 64.2 Å². The summed E-state index contributed by atoms with van der Waals surface area (Å²) in [5.74, 6) is 0.707. The van der Waals surface area contributed by atoms with E-state index in [4.69, 9.17) is 11.6 Å². The molecule has 1 saturated heterocycles. The molecule has 1 aromatic carbocycles. The maximum atomic E-state index is 12.5. The number of rotatable bonds is 6. The third kappa shape index (κ3) is 5.01. The number of benzene rings is 1. The Kier molecular flexibility index (Phi) is 6.68. The quantitative estimate of drug-likeness (QED) is 0.651. The normalized spacial score (nSPS) is 20.0. The molecule has 0 bridgehead atoms. The number of anilines is 2. The molecule has 2 amide bonds. The van der Waals surface area contributed by atoms with Crippen molar-refractivity contribution in [3.63, 3.8) is 0 Å². The zero-order chi connectivity index (χ0) is 21.1. The molecule has 2 aromatic rings. The van der Waals surface area contributed by atoms with Crippen molar-refractivity contribution in [1.82, 2.24) is 10.2 Å². The zero-order valence-corrected chi connectivity index (χ0v) is 18.8. The van der Waals surface area contributed by atoms with Gasteiger partial charge in [-0.05, 0) is 37.0 Å². The van der Waals surface area contributed by atoms with E-state index in [1.165, 1.54) is 43.4 Å². The van der Waals surface area contributed by atoms with Crippen LogP contribution >= 0.6 is 22.9 Å². The van der Waals surface area contributed by atoms with Gasteiger partial charge in [0.2, 0.25) is 16.9 Å². The first-order valence-electron chi connectivity index (χ1n) is 10.7. The Morgan fingerprint density at radius 3 is 2.83 bits per heavy atom. The van der Waals surface area contributed by atoms with Crippen LogP contribution in [0.5, 0.6) is 0 Å². The van der Waals surface area contributed by atoms with Gasteiger partial charge in [-0.2, -0.15) is 0 Å². The first-order valence-corrected chi connectivity index (χ1v) is 11.9. The molecule has 1 saturated carbocycles. The molecule has 2 aliphatic rings. The Morgan fingerprint density at radius 1 is 1.27 bits per heavy atom. The number of aryl methyl sites for hydroxylation is 1. The molecule has 1 aromatic heterocycles. The van der Waals surface area contributed by atoms with Gasteiger partial charge in [0.05, 0.1) is 0 Å². The highest BCUT2D eigenvalue weighted by Gasteiger charge is 2.34. The summed E-state index contributed by atoms with van der Waals surface area (Å²) in [6, 6.07) is 5.67. The molecule has 1 aliphatic carbocycles. The summed E-state index contributed by atoms with van der Waals surface area (Å²) in [5, 5.41) is 13.2. The average Bonchev–Trinajstić information content (AvgIpc) is 3.36. The smallest absolute Gasteiger partial charge is 0.227 e. The molecule has 1 N–H and O–H groups in total. The van der Waals surface area contributed by atoms with Crippen LogP contribution in [-0.2, 0) is 9.59 Å². The van der Waals surface area contributed by atoms with Gasteiger partial charge in [0, 0.05) is 36.0 Å². The predicted octanol–water partition coefficient (Wildman–Crippen LogP) is 5.32. The molecular formula is C22H27ClN4O2S. The standard InChI is InChI=1S/C22H27ClN4O2S/c1-14-7-9-17(12-18(14)23)27-13-16(11-20(27)29)21-25-26-22(30-21)24-19(28)10-8-15-5-3-2-4-6-15/h7,9,12,15-16H,2-6,8,10-11,13H2,1H3,(H,24,26,28). The second-order valence-electron chi connectivity index (χ2n) is 8.38. The van der Waals surface area contributed by atoms with Crippen molar-refractivity contribution < 1.29 is 9.59 Å². The summed E-state index contributed by atoms with van der Waals surface area (Å²) in [7, 11) is 0. The van der Waals surface area contributed by atoms with Gasteiger partial charge in [0.1, 0.15) is 5.01 Å². The summed E-state index contributed by atoms with van der Waals surface area (Å²) in [4.78, 5) is 26.6. The second kappa shape index (κ2) is 9.43. The highest BCUT2D eigenvalue weighted by atomic mass is 35.5. The summed E-state index contributed by atoms with van der Waals surface area (Å²) in [5.41, 5.74) is 1.79. The third-order valence-electron chi connectivity index (χ3n) is 6.13. The molecule has 160 valence electrons. The molecule has 8 heteroatoms. The van der Waals surface area contributed by atoms with Crippen LogP contribution in [0.2, 0.25) is 5.02 Å². The molecule has 0 spiro atoms. The number of hydrogen-bond acceptors (Lipinski definition) is 5. The van der Waals surface area contributed by atoms with E-state index in [1.807, 2.05) is 25.1 Å². The minimum atomic E-state index is -0.0250. The lowest BCUT2D eigenvalue weighted by Crippen LogP contribution is -2.24. The molecule has 6 nitrogen and oxygen atoms in total. The van der Waals surface area contributed by atoms with Gasteiger partial charge in [0.25, 0.3) is 0 Å². The van der Waals surface area contributed by atoms with Crippen LogP contribution in [-0.4, -0.2) is 28.6 Å². The van der Waals surface area contributed by atoms with E-state index in [1.54, 1.807) is 4.90 Å². The highest BCUT2D eigenvalue weighted by Crippen LogP contribution is 2.35. The Hall–Kier alpha value is -1.99. The minimum Gasteiger partial charge on any atom is -0.312 e. The zero-order valence-electron chi connectivity index (χ0n) is 17.2. The van der Waals surface area contributed by atoms with E-state index in [9.17, 15) is 9.59 Å². The van der Waals surface area contributed by atoms with Gasteiger partial charge in [-0.3, -0.25) is 9.59 Å². The molecule has 30 heavy (non-hydrogen) atoms. The Morgan fingerprint density at radius 2 is 2.07 bits per heavy atom. The van der Waals surface area contributed by atoms with Gasteiger partial charge in [0.15, 0.2) is 0 Å². The van der Waals surface area contributed by atoms with Gasteiger partial charge in [-0.1, -0.05) is 61.1 Å². The van der Waals surface area contributed by atoms with Crippen LogP contribution in [0.3, 0.4) is 0 Å². The summed E-state index contributed by atoms with van der Waals surface area (Å²) in [6.07, 6.45) is 8.26. The van der Waals surface area contributed by atoms with E-state index in [0.717, 1.165) is 22.7 Å². The van der Waals surface area contributed by atoms with E-state index in [2.05, 4.69) is 15.5 Å². The lowest BCUT2D eigenvalue weighted by atomic mass is 9.86. The first-order chi connectivity index (χ1) is 14.5. The van der Waals surface area contributed by atoms with Crippen molar-refractivity contribution >= 4 is 45.6 Å². The lowest BCUT2D eigenvalue weighted by molar-refractivity contribution is -0.117. The van der Waals surface area contributed by atoms with Crippen molar-refractivity contribution in [3.8, 4) is 0 Å². The molecule has 0 radical (unpaired) electrons.